The van der Waals surface area contributed by atoms with Crippen molar-refractivity contribution in [1.82, 2.24) is 0 Å². The van der Waals surface area contributed by atoms with Crippen LogP contribution in [0.5, 0.6) is 5.75 Å². The van der Waals surface area contributed by atoms with Gasteiger partial charge in [0.15, 0.2) is 5.96 Å². The van der Waals surface area contributed by atoms with Crippen LogP contribution >= 0.6 is 47.3 Å². The highest BCUT2D eigenvalue weighted by Gasteiger charge is 2.02. The fraction of sp³-hybridized carbons (Fsp3) is 0.308. The molecule has 0 spiro atoms. The normalized spacial score (nSPS) is 10.6. The number of hydrogen-bond donors (Lipinski definition) is 2. The van der Waals surface area contributed by atoms with Gasteiger partial charge in [-0.05, 0) is 18.2 Å². The van der Waals surface area contributed by atoms with Gasteiger partial charge in [0.05, 0.1) is 18.7 Å². The van der Waals surface area contributed by atoms with Gasteiger partial charge in [-0.15, -0.1) is 30.6 Å². The van der Waals surface area contributed by atoms with E-state index >= 15 is 0 Å². The Morgan fingerprint density at radius 3 is 2.95 bits per heavy atom. The Labute approximate surface area is 146 Å². The third-order valence-corrected chi connectivity index (χ3v) is 3.42. The highest BCUT2D eigenvalue weighted by molar-refractivity contribution is 14.0. The first-order chi connectivity index (χ1) is 9.17. The lowest BCUT2D eigenvalue weighted by atomic mass is 10.3. The van der Waals surface area contributed by atoms with Crippen LogP contribution in [-0.4, -0.2) is 31.1 Å². The van der Waals surface area contributed by atoms with Crippen LogP contribution in [-0.2, 0) is 0 Å². The second-order valence-electron chi connectivity index (χ2n) is 3.60. The number of guanidine groups is 1. The van der Waals surface area contributed by atoms with Crippen molar-refractivity contribution >= 4 is 59.0 Å². The molecule has 0 unspecified atom stereocenters. The van der Waals surface area contributed by atoms with E-state index in [4.69, 9.17) is 22.1 Å². The summed E-state index contributed by atoms with van der Waals surface area (Å²) in [6.45, 7) is 4.32. The van der Waals surface area contributed by atoms with Gasteiger partial charge in [-0.1, -0.05) is 17.7 Å². The number of nitrogens with two attached hydrogens (primary N) is 1. The van der Waals surface area contributed by atoms with E-state index in [-0.39, 0.29) is 24.0 Å². The van der Waals surface area contributed by atoms with Crippen molar-refractivity contribution in [3.05, 3.63) is 35.9 Å². The quantitative estimate of drug-likeness (QED) is 0.229. The zero-order valence-electron chi connectivity index (χ0n) is 11.3. The summed E-state index contributed by atoms with van der Waals surface area (Å²) in [5.41, 5.74) is 6.56. The van der Waals surface area contributed by atoms with Crippen molar-refractivity contribution in [2.75, 3.05) is 30.5 Å². The summed E-state index contributed by atoms with van der Waals surface area (Å²) in [4.78, 5) is 4.22. The van der Waals surface area contributed by atoms with Crippen molar-refractivity contribution in [2.45, 2.75) is 0 Å². The zero-order valence-corrected chi connectivity index (χ0v) is 15.2. The number of nitrogens with zero attached hydrogens (tertiary/aromatic N) is 1. The number of methoxy groups -OCH3 is 1. The molecule has 0 aliphatic carbocycles. The van der Waals surface area contributed by atoms with Crippen molar-refractivity contribution in [3.63, 3.8) is 0 Å². The molecule has 20 heavy (non-hydrogen) atoms. The number of aliphatic imine (C=N–C) groups is 1. The van der Waals surface area contributed by atoms with E-state index in [9.17, 15) is 0 Å². The molecule has 1 rings (SSSR count). The number of ether oxygens (including phenoxy) is 1. The summed E-state index contributed by atoms with van der Waals surface area (Å²) in [5, 5.41) is 3.51. The van der Waals surface area contributed by atoms with Crippen molar-refractivity contribution in [1.29, 1.82) is 0 Å². The monoisotopic (exact) mass is 427 g/mol. The molecule has 112 valence electrons. The average Bonchev–Trinajstić information content (AvgIpc) is 2.39. The van der Waals surface area contributed by atoms with Gasteiger partial charge in [-0.25, -0.2) is 0 Å². The first-order valence-electron chi connectivity index (χ1n) is 5.76. The molecule has 0 atom stereocenters. The Morgan fingerprint density at radius 2 is 2.35 bits per heavy atom. The molecule has 0 radical (unpaired) electrons. The number of nitrogens with one attached hydrogen (secondary N) is 1. The van der Waals surface area contributed by atoms with E-state index in [0.29, 0.717) is 23.3 Å². The smallest absolute Gasteiger partial charge is 0.193 e. The predicted octanol–water partition coefficient (Wildman–Crippen LogP) is 3.61. The highest BCUT2D eigenvalue weighted by Crippen LogP contribution is 2.26. The number of benzene rings is 1. The van der Waals surface area contributed by atoms with Crippen molar-refractivity contribution in [3.8, 4) is 5.75 Å². The van der Waals surface area contributed by atoms with E-state index in [1.54, 1.807) is 31.0 Å². The molecule has 1 aromatic rings. The van der Waals surface area contributed by atoms with Crippen molar-refractivity contribution in [2.24, 2.45) is 10.7 Å². The lowest BCUT2D eigenvalue weighted by molar-refractivity contribution is 0.415. The first kappa shape index (κ1) is 19.4. The molecule has 0 amide bonds. The van der Waals surface area contributed by atoms with Crippen LogP contribution in [0.25, 0.3) is 0 Å². The Morgan fingerprint density at radius 1 is 1.60 bits per heavy atom. The second-order valence-corrected chi connectivity index (χ2v) is 5.16. The molecule has 0 aliphatic heterocycles. The lowest BCUT2D eigenvalue weighted by Gasteiger charge is -2.08. The van der Waals surface area contributed by atoms with Gasteiger partial charge in [0, 0.05) is 17.2 Å². The summed E-state index contributed by atoms with van der Waals surface area (Å²) >= 11 is 7.78. The van der Waals surface area contributed by atoms with Gasteiger partial charge in [0.25, 0.3) is 0 Å². The Balaban J connectivity index is 0.00000361. The van der Waals surface area contributed by atoms with Crippen LogP contribution in [0.2, 0.25) is 5.02 Å². The van der Waals surface area contributed by atoms with Crippen LogP contribution < -0.4 is 15.8 Å². The van der Waals surface area contributed by atoms with Gasteiger partial charge in [0.1, 0.15) is 5.75 Å². The first-order valence-corrected chi connectivity index (χ1v) is 7.29. The van der Waals surface area contributed by atoms with Crippen LogP contribution in [0.4, 0.5) is 5.69 Å². The van der Waals surface area contributed by atoms with Crippen LogP contribution in [0.1, 0.15) is 0 Å². The van der Waals surface area contributed by atoms with Gasteiger partial charge < -0.3 is 15.8 Å². The second kappa shape index (κ2) is 11.1. The number of hydrogen-bond acceptors (Lipinski definition) is 3. The summed E-state index contributed by atoms with van der Waals surface area (Å²) in [6, 6.07) is 5.35. The van der Waals surface area contributed by atoms with E-state index in [1.165, 1.54) is 0 Å². The maximum absolute atomic E-state index is 6.02. The predicted molar refractivity (Wildman–Crippen MR) is 101 cm³/mol. The Bertz CT molecular complexity index is 457. The number of thioether (sulfide) groups is 1. The van der Waals surface area contributed by atoms with Gasteiger partial charge in [-0.2, -0.15) is 11.8 Å². The Kier molecular flexibility index (Phi) is 10.8. The molecule has 1 aromatic carbocycles. The molecule has 0 fully saturated rings. The maximum Gasteiger partial charge on any atom is 0.193 e. The highest BCUT2D eigenvalue weighted by atomic mass is 127. The SMILES string of the molecule is C=CCSCCN=C(N)Nc1ccc(OC)c(Cl)c1.I. The minimum absolute atomic E-state index is 0. The van der Waals surface area contributed by atoms with Crippen LogP contribution in [0, 0.1) is 0 Å². The topological polar surface area (TPSA) is 59.6 Å². The minimum atomic E-state index is 0. The van der Waals surface area contributed by atoms with E-state index in [2.05, 4.69) is 16.9 Å². The lowest BCUT2D eigenvalue weighted by Crippen LogP contribution is -2.23. The average molecular weight is 428 g/mol. The molecule has 0 saturated carbocycles. The molecule has 4 nitrogen and oxygen atoms in total. The molecule has 0 heterocycles. The van der Waals surface area contributed by atoms with E-state index in [1.807, 2.05) is 12.1 Å². The molecule has 7 heteroatoms. The number of halogens is 2. The molecular formula is C13H19ClIN3OS. The number of anilines is 1. The van der Waals surface area contributed by atoms with Crippen LogP contribution in [0.15, 0.2) is 35.8 Å². The third kappa shape index (κ3) is 7.25. The van der Waals surface area contributed by atoms with Gasteiger partial charge >= 0.3 is 0 Å². The van der Waals surface area contributed by atoms with Gasteiger partial charge in [-0.3, -0.25) is 4.99 Å². The summed E-state index contributed by atoms with van der Waals surface area (Å²) in [6.07, 6.45) is 1.87. The fourth-order valence-electron chi connectivity index (χ4n) is 1.33. The maximum atomic E-state index is 6.02. The minimum Gasteiger partial charge on any atom is -0.495 e. The molecule has 0 saturated heterocycles. The summed E-state index contributed by atoms with van der Waals surface area (Å²) in [5.74, 6) is 2.85. The summed E-state index contributed by atoms with van der Waals surface area (Å²) < 4.78 is 5.08. The molecule has 3 N–H and O–H groups in total. The Hall–Kier alpha value is -0.600. The van der Waals surface area contributed by atoms with Crippen LogP contribution in [0.3, 0.4) is 0 Å². The largest absolute Gasteiger partial charge is 0.495 e. The standard InChI is InChI=1S/C13H18ClN3OS.HI/c1-3-7-19-8-6-16-13(15)17-10-4-5-12(18-2)11(14)9-10;/h3-5,9H,1,6-8H2,2H3,(H3,15,16,17);1H. The molecule has 0 bridgehead atoms. The zero-order chi connectivity index (χ0) is 14.1. The fourth-order valence-corrected chi connectivity index (χ4v) is 2.14. The molecular weight excluding hydrogens is 409 g/mol. The summed E-state index contributed by atoms with van der Waals surface area (Å²) in [7, 11) is 1.57. The third-order valence-electron chi connectivity index (χ3n) is 2.18. The number of rotatable bonds is 7. The van der Waals surface area contributed by atoms with Gasteiger partial charge in [0.2, 0.25) is 0 Å². The van der Waals surface area contributed by atoms with Crippen molar-refractivity contribution < 1.29 is 4.74 Å². The molecule has 0 aliphatic rings. The van der Waals surface area contributed by atoms with E-state index in [0.717, 1.165) is 17.2 Å². The molecule has 0 aromatic heterocycles. The van der Waals surface area contributed by atoms with E-state index < -0.39 is 0 Å².